The Morgan fingerprint density at radius 2 is 2.00 bits per heavy atom. The molecule has 2 amide bonds. The normalized spacial score (nSPS) is 21.0. The zero-order valence-corrected chi connectivity index (χ0v) is 13.6. The number of nitrogens with zero attached hydrogens (tertiary/aromatic N) is 2. The van der Waals surface area contributed by atoms with Crippen LogP contribution in [0, 0.1) is 5.92 Å². The van der Waals surface area contributed by atoms with Crippen LogP contribution in [-0.4, -0.2) is 42.4 Å². The summed E-state index contributed by atoms with van der Waals surface area (Å²) in [5, 5.41) is 0. The number of ether oxygens (including phenoxy) is 1. The minimum Gasteiger partial charge on any atom is -0.466 e. The van der Waals surface area contributed by atoms with Gasteiger partial charge >= 0.3 is 5.97 Å². The lowest BCUT2D eigenvalue weighted by Crippen LogP contribution is -2.42. The maximum atomic E-state index is 12.7. The number of benzene rings is 1. The first-order valence-electron chi connectivity index (χ1n) is 8.18. The number of hydrogen-bond donors (Lipinski definition) is 0. The molecule has 2 aliphatic rings. The van der Waals surface area contributed by atoms with E-state index in [0.29, 0.717) is 31.1 Å². The lowest BCUT2D eigenvalue weighted by Gasteiger charge is -2.33. The van der Waals surface area contributed by atoms with Gasteiger partial charge in [0.15, 0.2) is 0 Å². The van der Waals surface area contributed by atoms with Gasteiger partial charge in [0, 0.05) is 19.2 Å². The molecule has 2 heterocycles. The van der Waals surface area contributed by atoms with Crippen LogP contribution >= 0.6 is 0 Å². The highest BCUT2D eigenvalue weighted by atomic mass is 16.5. The molecule has 0 radical (unpaired) electrons. The molecule has 1 unspecified atom stereocenters. The average molecular weight is 328 g/mol. The van der Waals surface area contributed by atoms with Gasteiger partial charge in [-0.2, -0.15) is 0 Å². The van der Waals surface area contributed by atoms with Crippen molar-refractivity contribution in [1.82, 2.24) is 4.90 Å². The van der Waals surface area contributed by atoms with Crippen LogP contribution in [0.25, 0.3) is 0 Å². The molecule has 6 heteroatoms. The molecule has 1 aromatic carbocycles. The van der Waals surface area contributed by atoms with Crippen LogP contribution in [-0.2, 0) is 19.1 Å². The molecule has 1 aromatic rings. The maximum absolute atomic E-state index is 12.7. The van der Waals surface area contributed by atoms with E-state index in [1.54, 1.807) is 31.2 Å². The van der Waals surface area contributed by atoms with Gasteiger partial charge in [0.2, 0.25) is 0 Å². The Labute approximate surface area is 140 Å². The first-order valence-corrected chi connectivity index (χ1v) is 8.18. The third-order valence-electron chi connectivity index (χ3n) is 4.30. The van der Waals surface area contributed by atoms with E-state index in [1.807, 2.05) is 11.0 Å². The van der Waals surface area contributed by atoms with E-state index in [9.17, 15) is 14.4 Å². The molecule has 1 saturated heterocycles. The zero-order valence-electron chi connectivity index (χ0n) is 13.6. The highest BCUT2D eigenvalue weighted by Gasteiger charge is 2.38. The number of imide groups is 1. The van der Waals surface area contributed by atoms with E-state index in [1.165, 1.54) is 11.0 Å². The lowest BCUT2D eigenvalue weighted by atomic mass is 9.97. The molecule has 6 nitrogen and oxygen atoms in total. The van der Waals surface area contributed by atoms with Gasteiger partial charge in [-0.05, 0) is 31.9 Å². The molecule has 0 spiro atoms. The van der Waals surface area contributed by atoms with Crippen molar-refractivity contribution in [2.75, 3.05) is 24.6 Å². The van der Waals surface area contributed by atoms with Crippen LogP contribution in [0.5, 0.6) is 0 Å². The molecule has 126 valence electrons. The van der Waals surface area contributed by atoms with E-state index in [2.05, 4.69) is 0 Å². The fourth-order valence-electron chi connectivity index (χ4n) is 3.15. The van der Waals surface area contributed by atoms with Gasteiger partial charge in [-0.25, -0.2) is 4.90 Å². The molecule has 0 aromatic heterocycles. The van der Waals surface area contributed by atoms with Crippen molar-refractivity contribution < 1.29 is 19.1 Å². The van der Waals surface area contributed by atoms with E-state index in [-0.39, 0.29) is 23.7 Å². The van der Waals surface area contributed by atoms with Gasteiger partial charge in [-0.15, -0.1) is 0 Å². The van der Waals surface area contributed by atoms with Crippen molar-refractivity contribution in [1.29, 1.82) is 0 Å². The van der Waals surface area contributed by atoms with Gasteiger partial charge < -0.3 is 9.64 Å². The van der Waals surface area contributed by atoms with Gasteiger partial charge in [0.25, 0.3) is 11.8 Å². The van der Waals surface area contributed by atoms with Crippen molar-refractivity contribution in [2.45, 2.75) is 19.8 Å². The van der Waals surface area contributed by atoms with Crippen molar-refractivity contribution in [2.24, 2.45) is 5.92 Å². The summed E-state index contributed by atoms with van der Waals surface area (Å²) >= 11 is 0. The van der Waals surface area contributed by atoms with Gasteiger partial charge in [-0.3, -0.25) is 14.4 Å². The molecular formula is C18H20N2O4. The second-order valence-corrected chi connectivity index (χ2v) is 5.88. The summed E-state index contributed by atoms with van der Waals surface area (Å²) in [5.41, 5.74) is 0.913. The molecule has 1 fully saturated rings. The largest absolute Gasteiger partial charge is 0.466 e. The van der Waals surface area contributed by atoms with E-state index >= 15 is 0 Å². The van der Waals surface area contributed by atoms with Crippen LogP contribution in [0.4, 0.5) is 5.69 Å². The number of rotatable bonds is 4. The van der Waals surface area contributed by atoms with Gasteiger partial charge in [-0.1, -0.05) is 18.2 Å². The van der Waals surface area contributed by atoms with Gasteiger partial charge in [0.05, 0.1) is 18.2 Å². The molecular weight excluding hydrogens is 308 g/mol. The Morgan fingerprint density at radius 1 is 1.25 bits per heavy atom. The highest BCUT2D eigenvalue weighted by Crippen LogP contribution is 2.28. The second-order valence-electron chi connectivity index (χ2n) is 5.88. The maximum Gasteiger partial charge on any atom is 0.310 e. The van der Waals surface area contributed by atoms with Crippen molar-refractivity contribution >= 4 is 23.5 Å². The van der Waals surface area contributed by atoms with Crippen LogP contribution in [0.1, 0.15) is 19.8 Å². The highest BCUT2D eigenvalue weighted by molar-refractivity contribution is 6.30. The summed E-state index contributed by atoms with van der Waals surface area (Å²) < 4.78 is 5.08. The van der Waals surface area contributed by atoms with Crippen molar-refractivity contribution in [3.8, 4) is 0 Å². The zero-order chi connectivity index (χ0) is 17.1. The van der Waals surface area contributed by atoms with Crippen molar-refractivity contribution in [3.05, 3.63) is 42.1 Å². The van der Waals surface area contributed by atoms with E-state index < -0.39 is 0 Å². The summed E-state index contributed by atoms with van der Waals surface area (Å²) in [5.74, 6) is -1.18. The number of likely N-dealkylation sites (tertiary alicyclic amines) is 1. The molecule has 1 atom stereocenters. The first-order chi connectivity index (χ1) is 11.6. The van der Waals surface area contributed by atoms with Crippen LogP contribution in [0.15, 0.2) is 42.1 Å². The molecule has 0 bridgehead atoms. The number of hydrogen-bond acceptors (Lipinski definition) is 5. The van der Waals surface area contributed by atoms with E-state index in [0.717, 1.165) is 12.8 Å². The van der Waals surface area contributed by atoms with Crippen LogP contribution in [0.3, 0.4) is 0 Å². The summed E-state index contributed by atoms with van der Waals surface area (Å²) in [6.07, 6.45) is 2.89. The Morgan fingerprint density at radius 3 is 2.71 bits per heavy atom. The monoisotopic (exact) mass is 328 g/mol. The van der Waals surface area contributed by atoms with Crippen LogP contribution < -0.4 is 4.90 Å². The standard InChI is InChI=1S/C18H20N2O4/c1-2-24-18(23)13-7-6-10-19(12-13)15-11-16(21)20(17(15)22)14-8-4-3-5-9-14/h3-5,8-9,11,13H,2,6-7,10,12H2,1H3. The molecule has 0 N–H and O–H groups in total. The summed E-state index contributed by atoms with van der Waals surface area (Å²) in [6.45, 7) is 3.19. The minimum absolute atomic E-state index is 0.237. The Balaban J connectivity index is 1.75. The average Bonchev–Trinajstić information content (AvgIpc) is 2.90. The quantitative estimate of drug-likeness (QED) is 0.622. The number of carbonyl (C=O) groups is 3. The summed E-state index contributed by atoms with van der Waals surface area (Å²) in [4.78, 5) is 39.9. The van der Waals surface area contributed by atoms with Gasteiger partial charge in [0.1, 0.15) is 5.70 Å². The van der Waals surface area contributed by atoms with E-state index in [4.69, 9.17) is 4.74 Å². The number of anilines is 1. The Hall–Kier alpha value is -2.63. The SMILES string of the molecule is CCOC(=O)C1CCCN(C2=CC(=O)N(c3ccccc3)C2=O)C1. The van der Waals surface area contributed by atoms with Crippen LogP contribution in [0.2, 0.25) is 0 Å². The summed E-state index contributed by atoms with van der Waals surface area (Å²) in [6, 6.07) is 8.85. The third-order valence-corrected chi connectivity index (χ3v) is 4.30. The number of esters is 1. The minimum atomic E-state index is -0.348. The molecule has 3 rings (SSSR count). The number of carbonyl (C=O) groups excluding carboxylic acids is 3. The lowest BCUT2D eigenvalue weighted by molar-refractivity contribution is -0.149. The number of amides is 2. The number of para-hydroxylation sites is 1. The summed E-state index contributed by atoms with van der Waals surface area (Å²) in [7, 11) is 0. The molecule has 24 heavy (non-hydrogen) atoms. The number of piperidine rings is 1. The first kappa shape index (κ1) is 16.2. The smallest absolute Gasteiger partial charge is 0.310 e. The topological polar surface area (TPSA) is 66.9 Å². The van der Waals surface area contributed by atoms with Crippen molar-refractivity contribution in [3.63, 3.8) is 0 Å². The predicted molar refractivity (Wildman–Crippen MR) is 87.9 cm³/mol. The molecule has 2 aliphatic heterocycles. The molecule has 0 aliphatic carbocycles. The molecule has 0 saturated carbocycles. The second kappa shape index (κ2) is 6.86. The predicted octanol–water partition coefficient (Wildman–Crippen LogP) is 1.72. The fourth-order valence-corrected chi connectivity index (χ4v) is 3.15. The Kier molecular flexibility index (Phi) is 4.64. The fraction of sp³-hybridized carbons (Fsp3) is 0.389. The third kappa shape index (κ3) is 3.04. The Bertz CT molecular complexity index is 684.